The molecular weight excluding hydrogens is 202 g/mol. The van der Waals surface area contributed by atoms with Crippen molar-refractivity contribution in [1.29, 1.82) is 0 Å². The molecule has 1 rings (SSSR count). The summed E-state index contributed by atoms with van der Waals surface area (Å²) in [5, 5.41) is 1.77. The van der Waals surface area contributed by atoms with E-state index in [4.69, 9.17) is 0 Å². The minimum Gasteiger partial charge on any atom is -0.249 e. The van der Waals surface area contributed by atoms with Crippen LogP contribution in [0.5, 0.6) is 0 Å². The van der Waals surface area contributed by atoms with Crippen molar-refractivity contribution >= 4 is 11.8 Å². The van der Waals surface area contributed by atoms with E-state index in [0.717, 1.165) is 0 Å². The molecule has 0 atom stereocenters. The van der Waals surface area contributed by atoms with E-state index in [2.05, 4.69) is 52.6 Å². The van der Waals surface area contributed by atoms with Gasteiger partial charge in [-0.25, -0.2) is 4.98 Å². The van der Waals surface area contributed by atoms with Gasteiger partial charge in [0.05, 0.1) is 5.03 Å². The summed E-state index contributed by atoms with van der Waals surface area (Å²) in [6.45, 7) is 13.2. The van der Waals surface area contributed by atoms with Gasteiger partial charge in [0, 0.05) is 11.4 Å². The average Bonchev–Trinajstić information content (AvgIpc) is 2.05. The molecule has 1 aromatic rings. The lowest BCUT2D eigenvalue weighted by Gasteiger charge is -2.23. The number of hydrogen-bond donors (Lipinski definition) is 0. The molecule has 0 radical (unpaired) electrons. The van der Waals surface area contributed by atoms with Gasteiger partial charge >= 0.3 is 0 Å². The van der Waals surface area contributed by atoms with E-state index < -0.39 is 0 Å². The van der Waals surface area contributed by atoms with Gasteiger partial charge in [-0.2, -0.15) is 0 Å². The summed E-state index contributed by atoms with van der Waals surface area (Å²) in [6, 6.07) is 2.26. The van der Waals surface area contributed by atoms with Crippen LogP contribution in [-0.4, -0.2) is 10.2 Å². The molecule has 0 saturated carbocycles. The van der Waals surface area contributed by atoms with Gasteiger partial charge in [0.15, 0.2) is 0 Å². The molecule has 15 heavy (non-hydrogen) atoms. The van der Waals surface area contributed by atoms with E-state index in [-0.39, 0.29) is 5.41 Å². The van der Waals surface area contributed by atoms with Gasteiger partial charge < -0.3 is 0 Å². The van der Waals surface area contributed by atoms with Crippen LogP contribution in [0, 0.1) is 6.92 Å². The Morgan fingerprint density at radius 1 is 1.27 bits per heavy atom. The number of nitrogens with zero attached hydrogens (tertiary/aromatic N) is 1. The van der Waals surface area contributed by atoms with Crippen LogP contribution in [0.15, 0.2) is 17.3 Å². The zero-order chi connectivity index (χ0) is 11.6. The smallest absolute Gasteiger partial charge is 0.0999 e. The van der Waals surface area contributed by atoms with Crippen molar-refractivity contribution in [2.24, 2.45) is 0 Å². The first kappa shape index (κ1) is 12.6. The third kappa shape index (κ3) is 3.53. The van der Waals surface area contributed by atoms with Gasteiger partial charge in [0.2, 0.25) is 0 Å². The van der Waals surface area contributed by atoms with Crippen LogP contribution in [0.2, 0.25) is 0 Å². The fourth-order valence-corrected chi connectivity index (χ4v) is 2.46. The molecule has 0 saturated heterocycles. The Labute approximate surface area is 97.7 Å². The average molecular weight is 223 g/mol. The lowest BCUT2D eigenvalue weighted by molar-refractivity contribution is 0.570. The van der Waals surface area contributed by atoms with Crippen LogP contribution in [-0.2, 0) is 5.41 Å². The summed E-state index contributed by atoms with van der Waals surface area (Å²) in [7, 11) is 0. The molecule has 0 fully saturated rings. The van der Waals surface area contributed by atoms with E-state index >= 15 is 0 Å². The van der Waals surface area contributed by atoms with E-state index in [0.29, 0.717) is 5.25 Å². The molecule has 84 valence electrons. The first-order valence-corrected chi connectivity index (χ1v) is 6.32. The molecule has 1 heterocycles. The highest BCUT2D eigenvalue weighted by atomic mass is 32.2. The lowest BCUT2D eigenvalue weighted by Crippen LogP contribution is -2.14. The van der Waals surface area contributed by atoms with Crippen LogP contribution in [0.1, 0.15) is 45.7 Å². The first-order chi connectivity index (χ1) is 6.80. The maximum atomic E-state index is 4.55. The van der Waals surface area contributed by atoms with Gasteiger partial charge in [-0.15, -0.1) is 11.8 Å². The quantitative estimate of drug-likeness (QED) is 0.697. The van der Waals surface area contributed by atoms with E-state index in [1.165, 1.54) is 16.2 Å². The summed E-state index contributed by atoms with van der Waals surface area (Å²) in [6.07, 6.45) is 1.96. The Morgan fingerprint density at radius 3 is 2.33 bits per heavy atom. The van der Waals surface area contributed by atoms with Crippen molar-refractivity contribution < 1.29 is 0 Å². The minimum atomic E-state index is 0.177. The molecule has 0 aliphatic carbocycles. The monoisotopic (exact) mass is 223 g/mol. The molecule has 0 unspecified atom stereocenters. The third-order valence-corrected chi connectivity index (χ3v) is 3.16. The predicted octanol–water partition coefficient (Wildman–Crippen LogP) is 4.19. The summed E-state index contributed by atoms with van der Waals surface area (Å²) in [5.74, 6) is 0. The van der Waals surface area contributed by atoms with Gasteiger partial charge in [-0.05, 0) is 23.5 Å². The molecule has 0 aromatic carbocycles. The maximum Gasteiger partial charge on any atom is 0.0999 e. The Hall–Kier alpha value is -0.500. The van der Waals surface area contributed by atoms with Crippen molar-refractivity contribution in [3.05, 3.63) is 23.4 Å². The molecule has 0 aliphatic rings. The molecule has 1 aromatic heterocycles. The zero-order valence-corrected chi connectivity index (χ0v) is 11.4. The number of hydrogen-bond acceptors (Lipinski definition) is 2. The number of pyridine rings is 1. The third-order valence-electron chi connectivity index (χ3n) is 2.14. The SMILES string of the molecule is Cc1cnc(SC(C)C)c(C(C)(C)C)c1. The molecule has 1 nitrogen and oxygen atoms in total. The Kier molecular flexibility index (Phi) is 3.82. The van der Waals surface area contributed by atoms with Crippen molar-refractivity contribution in [2.75, 3.05) is 0 Å². The van der Waals surface area contributed by atoms with Crippen LogP contribution in [0.25, 0.3) is 0 Å². The zero-order valence-electron chi connectivity index (χ0n) is 10.6. The fourth-order valence-electron chi connectivity index (χ4n) is 1.41. The predicted molar refractivity (Wildman–Crippen MR) is 68.7 cm³/mol. The Morgan fingerprint density at radius 2 is 1.87 bits per heavy atom. The number of thioether (sulfide) groups is 1. The van der Waals surface area contributed by atoms with Crippen LogP contribution in [0.4, 0.5) is 0 Å². The molecule has 0 N–H and O–H groups in total. The van der Waals surface area contributed by atoms with Gasteiger partial charge in [-0.3, -0.25) is 0 Å². The van der Waals surface area contributed by atoms with E-state index in [9.17, 15) is 0 Å². The summed E-state index contributed by atoms with van der Waals surface area (Å²) in [5.41, 5.74) is 2.78. The topological polar surface area (TPSA) is 12.9 Å². The Bertz CT molecular complexity index is 337. The Balaban J connectivity index is 3.15. The normalized spacial score (nSPS) is 12.2. The van der Waals surface area contributed by atoms with E-state index in [1.54, 1.807) is 0 Å². The molecular formula is C13H21NS. The van der Waals surface area contributed by atoms with Crippen molar-refractivity contribution in [1.82, 2.24) is 4.98 Å². The maximum absolute atomic E-state index is 4.55. The van der Waals surface area contributed by atoms with Crippen molar-refractivity contribution in [3.63, 3.8) is 0 Å². The second-order valence-electron chi connectivity index (χ2n) is 5.28. The van der Waals surface area contributed by atoms with Crippen LogP contribution < -0.4 is 0 Å². The second-order valence-corrected chi connectivity index (χ2v) is 6.85. The lowest BCUT2D eigenvalue weighted by atomic mass is 9.88. The van der Waals surface area contributed by atoms with Crippen molar-refractivity contribution in [3.8, 4) is 0 Å². The number of aromatic nitrogens is 1. The van der Waals surface area contributed by atoms with Crippen LogP contribution >= 0.6 is 11.8 Å². The molecule has 0 aliphatic heterocycles. The second kappa shape index (κ2) is 4.56. The minimum absolute atomic E-state index is 0.177. The highest BCUT2D eigenvalue weighted by Gasteiger charge is 2.19. The first-order valence-electron chi connectivity index (χ1n) is 5.44. The number of aryl methyl sites for hydroxylation is 1. The largest absolute Gasteiger partial charge is 0.249 e. The summed E-state index contributed by atoms with van der Waals surface area (Å²) in [4.78, 5) is 4.55. The van der Waals surface area contributed by atoms with Crippen LogP contribution in [0.3, 0.4) is 0 Å². The van der Waals surface area contributed by atoms with E-state index in [1.807, 2.05) is 18.0 Å². The van der Waals surface area contributed by atoms with Gasteiger partial charge in [-0.1, -0.05) is 40.7 Å². The van der Waals surface area contributed by atoms with Gasteiger partial charge in [0.1, 0.15) is 0 Å². The molecule has 0 bridgehead atoms. The molecule has 2 heteroatoms. The molecule has 0 amide bonds. The number of rotatable bonds is 2. The summed E-state index contributed by atoms with van der Waals surface area (Å²) >= 11 is 1.85. The van der Waals surface area contributed by atoms with Gasteiger partial charge in [0.25, 0.3) is 0 Å². The van der Waals surface area contributed by atoms with Crippen molar-refractivity contribution in [2.45, 2.75) is 57.2 Å². The molecule has 0 spiro atoms. The fraction of sp³-hybridized carbons (Fsp3) is 0.615. The standard InChI is InChI=1S/C13H21NS/c1-9(2)15-12-11(13(4,5)6)7-10(3)8-14-12/h7-9H,1-6H3. The highest BCUT2D eigenvalue weighted by Crippen LogP contribution is 2.33. The highest BCUT2D eigenvalue weighted by molar-refractivity contribution is 7.99. The summed E-state index contributed by atoms with van der Waals surface area (Å²) < 4.78 is 0.